The predicted molar refractivity (Wildman–Crippen MR) is 259 cm³/mol. The molecule has 0 fully saturated rings. The van der Waals surface area contributed by atoms with E-state index in [2.05, 4.69) is 30.4 Å². The van der Waals surface area contributed by atoms with Crippen molar-refractivity contribution in [2.45, 2.75) is 87.0 Å². The van der Waals surface area contributed by atoms with Gasteiger partial charge in [0.25, 0.3) is 22.3 Å². The van der Waals surface area contributed by atoms with E-state index in [0.717, 1.165) is 22.3 Å². The quantitative estimate of drug-likeness (QED) is 0.0321. The molecule has 14 nitrogen and oxygen atoms in total. The summed E-state index contributed by atoms with van der Waals surface area (Å²) in [6.07, 6.45) is 1.02. The number of hydrogen-bond acceptors (Lipinski definition) is 14. The molecule has 0 aliphatic rings. The molecule has 0 aliphatic heterocycles. The molecule has 350 valence electrons. The molecule has 4 atom stereocenters. The van der Waals surface area contributed by atoms with Crippen LogP contribution in [0.15, 0.2) is 92.1 Å². The number of thioether (sulfide) groups is 2. The number of esters is 2. The van der Waals surface area contributed by atoms with E-state index in [1.807, 2.05) is 66.1 Å². The van der Waals surface area contributed by atoms with Gasteiger partial charge in [-0.3, -0.25) is 19.4 Å². The highest BCUT2D eigenvalue weighted by molar-refractivity contribution is 8.00. The fourth-order valence-electron chi connectivity index (χ4n) is 6.44. The van der Waals surface area contributed by atoms with Gasteiger partial charge in [-0.05, 0) is 149 Å². The van der Waals surface area contributed by atoms with Crippen LogP contribution >= 0.6 is 69.9 Å². The van der Waals surface area contributed by atoms with Crippen LogP contribution in [0.3, 0.4) is 0 Å². The van der Waals surface area contributed by atoms with E-state index in [1.54, 1.807) is 48.5 Å². The smallest absolute Gasteiger partial charge is 0.419 e. The Hall–Kier alpha value is -4.52. The summed E-state index contributed by atoms with van der Waals surface area (Å²) in [5, 5.41) is 7.46. The van der Waals surface area contributed by atoms with Gasteiger partial charge in [0, 0.05) is 38.3 Å². The average molecular weight is 1020 g/mol. The van der Waals surface area contributed by atoms with Crippen molar-refractivity contribution in [1.82, 2.24) is 30.4 Å². The van der Waals surface area contributed by atoms with Gasteiger partial charge in [0.1, 0.15) is 11.0 Å². The third-order valence-electron chi connectivity index (χ3n) is 10.5. The van der Waals surface area contributed by atoms with Gasteiger partial charge in [0.2, 0.25) is 10.9 Å². The fourth-order valence-corrected chi connectivity index (χ4v) is 8.68. The first-order valence-corrected chi connectivity index (χ1v) is 24.0. The van der Waals surface area contributed by atoms with Crippen molar-refractivity contribution in [3.05, 3.63) is 115 Å². The first-order chi connectivity index (χ1) is 31.4. The summed E-state index contributed by atoms with van der Waals surface area (Å²) in [5.74, 6) is -4.54. The second-order valence-electron chi connectivity index (χ2n) is 15.8. The maximum Gasteiger partial charge on any atom is 0.419 e. The van der Waals surface area contributed by atoms with Crippen molar-refractivity contribution in [1.29, 1.82) is 0 Å². The zero-order chi connectivity index (χ0) is 47.7. The molecule has 6 rings (SSSR count). The molecule has 4 unspecified atom stereocenters. The number of benzene rings is 4. The molecular formula is C46H48Cl4N6O8S2. The van der Waals surface area contributed by atoms with E-state index in [4.69, 9.17) is 64.7 Å². The van der Waals surface area contributed by atoms with E-state index in [0.29, 0.717) is 91.7 Å². The number of carbonyl (C=O) groups is 4. The van der Waals surface area contributed by atoms with E-state index in [9.17, 15) is 19.2 Å². The van der Waals surface area contributed by atoms with Crippen LogP contribution in [0.4, 0.5) is 0 Å². The minimum atomic E-state index is -1.65. The SMILES string of the molecule is Cc1ccc2nc(SC(OC(=O)C(=O)OC(Sc3nc4ccc(C)cc4o3)C(=O)NCCC(C)N(C)Cc3ccc(Cl)c(Cl)c3)C(=O)NCCC(C)N(C)Cc3ccc(Cl)c(Cl)c3)oc2c1. The van der Waals surface area contributed by atoms with Gasteiger partial charge in [-0.1, -0.05) is 70.7 Å². The highest BCUT2D eigenvalue weighted by atomic mass is 35.5. The number of carbonyl (C=O) groups excluding carboxylic acids is 4. The number of amides is 2. The van der Waals surface area contributed by atoms with Gasteiger partial charge in [-0.15, -0.1) is 0 Å². The maximum atomic E-state index is 13.7. The Kier molecular flexibility index (Phi) is 18.1. The molecule has 0 spiro atoms. The molecule has 2 amide bonds. The predicted octanol–water partition coefficient (Wildman–Crippen LogP) is 9.88. The van der Waals surface area contributed by atoms with Crippen LogP contribution in [0.25, 0.3) is 22.2 Å². The van der Waals surface area contributed by atoms with Crippen molar-refractivity contribution in [3.8, 4) is 0 Å². The van der Waals surface area contributed by atoms with Crippen LogP contribution < -0.4 is 10.6 Å². The summed E-state index contributed by atoms with van der Waals surface area (Å²) in [6, 6.07) is 21.6. The molecule has 66 heavy (non-hydrogen) atoms. The minimum absolute atomic E-state index is 0.00684. The Morgan fingerprint density at radius 1 is 0.606 bits per heavy atom. The average Bonchev–Trinajstić information content (AvgIpc) is 3.87. The molecule has 0 saturated carbocycles. The fraction of sp³-hybridized carbons (Fsp3) is 0.348. The van der Waals surface area contributed by atoms with E-state index >= 15 is 0 Å². The van der Waals surface area contributed by atoms with Crippen molar-refractivity contribution in [2.75, 3.05) is 27.2 Å². The lowest BCUT2D eigenvalue weighted by molar-refractivity contribution is -0.171. The van der Waals surface area contributed by atoms with Crippen LogP contribution in [-0.4, -0.2) is 93.7 Å². The summed E-state index contributed by atoms with van der Waals surface area (Å²) >= 11 is 26.0. The van der Waals surface area contributed by atoms with E-state index in [1.165, 1.54) is 0 Å². The van der Waals surface area contributed by atoms with Crippen LogP contribution in [0.5, 0.6) is 0 Å². The number of rotatable bonds is 20. The third-order valence-corrected chi connectivity index (χ3v) is 13.8. The molecule has 6 aromatic rings. The lowest BCUT2D eigenvalue weighted by Gasteiger charge is -2.25. The van der Waals surface area contributed by atoms with Gasteiger partial charge in [-0.25, -0.2) is 19.6 Å². The van der Waals surface area contributed by atoms with Gasteiger partial charge < -0.3 is 28.9 Å². The second kappa shape index (κ2) is 23.5. The Balaban J connectivity index is 1.12. The molecule has 0 saturated heterocycles. The Morgan fingerprint density at radius 3 is 1.38 bits per heavy atom. The number of nitrogens with one attached hydrogen (secondary N) is 2. The Morgan fingerprint density at radius 2 is 1.00 bits per heavy atom. The number of hydrogen-bond donors (Lipinski definition) is 2. The molecule has 2 aromatic heterocycles. The van der Waals surface area contributed by atoms with Crippen molar-refractivity contribution in [3.63, 3.8) is 0 Å². The molecule has 0 radical (unpaired) electrons. The number of fused-ring (bicyclic) bond motifs is 2. The zero-order valence-electron chi connectivity index (χ0n) is 36.9. The summed E-state index contributed by atoms with van der Waals surface area (Å²) in [4.78, 5) is 67.6. The minimum Gasteiger partial charge on any atom is -0.432 e. The van der Waals surface area contributed by atoms with Crippen LogP contribution in [0.1, 0.15) is 48.9 Å². The number of aromatic nitrogens is 2. The molecule has 0 bridgehead atoms. The number of nitrogens with zero attached hydrogens (tertiary/aromatic N) is 4. The summed E-state index contributed by atoms with van der Waals surface area (Å²) in [6.45, 7) is 9.28. The first kappa shape index (κ1) is 50.9. The topological polar surface area (TPSA) is 169 Å². The van der Waals surface area contributed by atoms with Crippen LogP contribution in [-0.2, 0) is 41.7 Å². The molecule has 2 N–H and O–H groups in total. The summed E-state index contributed by atoms with van der Waals surface area (Å²) in [5.41, 5.74) is 2.40. The summed E-state index contributed by atoms with van der Waals surface area (Å²) in [7, 11) is 3.88. The molecular weight excluding hydrogens is 970 g/mol. The van der Waals surface area contributed by atoms with Crippen molar-refractivity contribution >= 4 is 116 Å². The first-order valence-electron chi connectivity index (χ1n) is 20.8. The standard InChI is InChI=1S/C46H48Cl4N6O8S2/c1-25-7-13-35-37(19-25)61-45(53-35)65-43(39(57)51-17-15-27(3)55(5)23-29-9-11-31(47)33(49)21-29)63-41(59)42(60)64-44(66-46-54-36-14-8-26(2)20-38(36)62-46)40(58)52-18-16-28(4)56(6)24-30-10-12-32(48)34(50)22-30/h7-14,19-22,27-28,43-44H,15-18,23-24H2,1-6H3,(H,51,57)(H,52,58). The van der Waals surface area contributed by atoms with Gasteiger partial charge in [0.15, 0.2) is 11.2 Å². The lowest BCUT2D eigenvalue weighted by Crippen LogP contribution is -2.42. The van der Waals surface area contributed by atoms with Gasteiger partial charge >= 0.3 is 11.9 Å². The van der Waals surface area contributed by atoms with Crippen LogP contribution in [0.2, 0.25) is 20.1 Å². The second-order valence-corrected chi connectivity index (χ2v) is 19.5. The van der Waals surface area contributed by atoms with E-state index < -0.39 is 34.6 Å². The van der Waals surface area contributed by atoms with Gasteiger partial charge in [0.05, 0.1) is 20.1 Å². The largest absolute Gasteiger partial charge is 0.432 e. The number of halogens is 4. The Bertz CT molecular complexity index is 2520. The Labute approximate surface area is 410 Å². The number of ether oxygens (including phenoxy) is 2. The molecule has 2 heterocycles. The summed E-state index contributed by atoms with van der Waals surface area (Å²) < 4.78 is 22.7. The third kappa shape index (κ3) is 14.2. The normalized spacial score (nSPS) is 13.5. The van der Waals surface area contributed by atoms with Crippen molar-refractivity contribution in [2.24, 2.45) is 0 Å². The van der Waals surface area contributed by atoms with E-state index in [-0.39, 0.29) is 35.6 Å². The molecule has 20 heteroatoms. The van der Waals surface area contributed by atoms with Crippen molar-refractivity contribution < 1.29 is 37.5 Å². The van der Waals surface area contributed by atoms with Crippen LogP contribution in [0, 0.1) is 13.8 Å². The monoisotopic (exact) mass is 1020 g/mol. The number of aryl methyl sites for hydroxylation is 2. The molecule has 4 aromatic carbocycles. The number of oxazole rings is 2. The molecule has 0 aliphatic carbocycles. The van der Waals surface area contributed by atoms with Gasteiger partial charge in [-0.2, -0.15) is 0 Å². The highest BCUT2D eigenvalue weighted by Crippen LogP contribution is 2.31. The maximum absolute atomic E-state index is 13.7. The zero-order valence-corrected chi connectivity index (χ0v) is 41.5. The highest BCUT2D eigenvalue weighted by Gasteiger charge is 2.35. The lowest BCUT2D eigenvalue weighted by atomic mass is 10.1.